The van der Waals surface area contributed by atoms with Gasteiger partial charge in [0.15, 0.2) is 5.78 Å². The summed E-state index contributed by atoms with van der Waals surface area (Å²) in [6, 6.07) is 0. The smallest absolute Gasteiger partial charge is 0.224 e. The summed E-state index contributed by atoms with van der Waals surface area (Å²) in [6.45, 7) is 7.46. The maximum atomic E-state index is 12.6. The second-order valence-electron chi connectivity index (χ2n) is 6.90. The number of amides is 1. The molecule has 0 fully saturated rings. The van der Waals surface area contributed by atoms with Gasteiger partial charge in [-0.25, -0.2) is 0 Å². The van der Waals surface area contributed by atoms with Crippen molar-refractivity contribution in [1.82, 2.24) is 19.5 Å². The SMILES string of the molecule is CCCCn1c(C)c(CC(=O)NCc2snnc2C)c2c1CCCC2=O. The first-order valence-electron chi connectivity index (χ1n) is 9.31. The molecule has 0 aliphatic heterocycles. The molecule has 2 aromatic rings. The molecule has 0 aromatic carbocycles. The van der Waals surface area contributed by atoms with E-state index in [1.807, 2.05) is 13.8 Å². The number of hydrogen-bond donors (Lipinski definition) is 1. The van der Waals surface area contributed by atoms with Crippen molar-refractivity contribution in [2.75, 3.05) is 0 Å². The van der Waals surface area contributed by atoms with Gasteiger partial charge in [0.05, 0.1) is 23.5 Å². The van der Waals surface area contributed by atoms with Crippen LogP contribution in [0, 0.1) is 13.8 Å². The van der Waals surface area contributed by atoms with E-state index in [0.29, 0.717) is 13.0 Å². The number of hydrogen-bond acceptors (Lipinski definition) is 5. The molecule has 0 unspecified atom stereocenters. The van der Waals surface area contributed by atoms with Crippen LogP contribution < -0.4 is 5.32 Å². The highest BCUT2D eigenvalue weighted by Gasteiger charge is 2.28. The Labute approximate surface area is 158 Å². The van der Waals surface area contributed by atoms with Crippen LogP contribution in [0.4, 0.5) is 0 Å². The first-order valence-corrected chi connectivity index (χ1v) is 10.1. The number of unbranched alkanes of at least 4 members (excludes halogenated alkanes) is 1. The van der Waals surface area contributed by atoms with Gasteiger partial charge in [0.25, 0.3) is 0 Å². The van der Waals surface area contributed by atoms with E-state index >= 15 is 0 Å². The molecule has 1 amide bonds. The predicted octanol–water partition coefficient (Wildman–Crippen LogP) is 3.13. The molecule has 0 saturated carbocycles. The molecule has 26 heavy (non-hydrogen) atoms. The minimum atomic E-state index is -0.0604. The third-order valence-corrected chi connectivity index (χ3v) is 5.94. The molecule has 6 nitrogen and oxygen atoms in total. The van der Waals surface area contributed by atoms with Gasteiger partial charge in [-0.05, 0) is 50.2 Å². The van der Waals surface area contributed by atoms with Gasteiger partial charge < -0.3 is 9.88 Å². The van der Waals surface area contributed by atoms with Crippen molar-refractivity contribution < 1.29 is 9.59 Å². The van der Waals surface area contributed by atoms with Gasteiger partial charge in [-0.3, -0.25) is 9.59 Å². The van der Waals surface area contributed by atoms with Crippen LogP contribution in [-0.4, -0.2) is 25.8 Å². The Hall–Kier alpha value is -2.02. The van der Waals surface area contributed by atoms with Crippen LogP contribution in [0.25, 0.3) is 0 Å². The van der Waals surface area contributed by atoms with Crippen molar-refractivity contribution in [3.63, 3.8) is 0 Å². The third-order valence-electron chi connectivity index (χ3n) is 5.12. The zero-order valence-electron chi connectivity index (χ0n) is 15.7. The van der Waals surface area contributed by atoms with Gasteiger partial charge in [-0.1, -0.05) is 17.8 Å². The lowest BCUT2D eigenvalue weighted by Gasteiger charge is -2.15. The Bertz CT molecular complexity index is 822. The third kappa shape index (κ3) is 3.72. The van der Waals surface area contributed by atoms with Crippen LogP contribution in [0.5, 0.6) is 0 Å². The van der Waals surface area contributed by atoms with E-state index in [1.54, 1.807) is 0 Å². The minimum absolute atomic E-state index is 0.0604. The van der Waals surface area contributed by atoms with Crippen molar-refractivity contribution in [2.45, 2.75) is 72.4 Å². The molecule has 0 bridgehead atoms. The molecular weight excluding hydrogens is 348 g/mol. The molecule has 2 heterocycles. The van der Waals surface area contributed by atoms with Gasteiger partial charge >= 0.3 is 0 Å². The molecule has 1 N–H and O–H groups in total. The summed E-state index contributed by atoms with van der Waals surface area (Å²) in [6.07, 6.45) is 4.87. The van der Waals surface area contributed by atoms with Gasteiger partial charge in [0.2, 0.25) is 5.91 Å². The van der Waals surface area contributed by atoms with Crippen LogP contribution in [0.15, 0.2) is 0 Å². The van der Waals surface area contributed by atoms with Gasteiger partial charge in [-0.2, -0.15) is 0 Å². The highest BCUT2D eigenvalue weighted by atomic mass is 32.1. The molecule has 0 spiro atoms. The van der Waals surface area contributed by atoms with Gasteiger partial charge in [-0.15, -0.1) is 5.10 Å². The fourth-order valence-electron chi connectivity index (χ4n) is 3.64. The zero-order chi connectivity index (χ0) is 18.7. The van der Waals surface area contributed by atoms with Crippen molar-refractivity contribution in [3.05, 3.63) is 33.1 Å². The summed E-state index contributed by atoms with van der Waals surface area (Å²) >= 11 is 1.30. The molecule has 1 aliphatic carbocycles. The maximum absolute atomic E-state index is 12.6. The molecule has 140 valence electrons. The van der Waals surface area contributed by atoms with Crippen molar-refractivity contribution in [2.24, 2.45) is 0 Å². The highest BCUT2D eigenvalue weighted by molar-refractivity contribution is 7.05. The minimum Gasteiger partial charge on any atom is -0.351 e. The topological polar surface area (TPSA) is 76.9 Å². The lowest BCUT2D eigenvalue weighted by molar-refractivity contribution is -0.120. The number of carbonyl (C=O) groups excluding carboxylic acids is 2. The van der Waals surface area contributed by atoms with E-state index in [2.05, 4.69) is 26.4 Å². The Balaban J connectivity index is 1.80. The number of ketones is 1. The molecule has 0 atom stereocenters. The average molecular weight is 375 g/mol. The number of nitrogens with one attached hydrogen (secondary N) is 1. The maximum Gasteiger partial charge on any atom is 0.224 e. The lowest BCUT2D eigenvalue weighted by Crippen LogP contribution is -2.25. The van der Waals surface area contributed by atoms with Crippen molar-refractivity contribution in [3.8, 4) is 0 Å². The molecule has 0 radical (unpaired) electrons. The first-order chi connectivity index (χ1) is 12.5. The quantitative estimate of drug-likeness (QED) is 0.808. The number of Topliss-reactive ketones (excluding diaryl/α,β-unsaturated/α-hetero) is 1. The Morgan fingerprint density at radius 3 is 2.81 bits per heavy atom. The molecule has 7 heteroatoms. The van der Waals surface area contributed by atoms with Crippen molar-refractivity contribution >= 4 is 23.2 Å². The van der Waals surface area contributed by atoms with Gasteiger partial charge in [0, 0.05) is 29.9 Å². The Kier molecular flexibility index (Phi) is 5.86. The molecule has 2 aromatic heterocycles. The second-order valence-corrected chi connectivity index (χ2v) is 7.74. The van der Waals surface area contributed by atoms with E-state index in [0.717, 1.165) is 65.3 Å². The lowest BCUT2D eigenvalue weighted by atomic mass is 9.92. The van der Waals surface area contributed by atoms with E-state index in [9.17, 15) is 9.59 Å². The van der Waals surface area contributed by atoms with Crippen LogP contribution in [0.3, 0.4) is 0 Å². The summed E-state index contributed by atoms with van der Waals surface area (Å²) in [7, 11) is 0. The zero-order valence-corrected chi connectivity index (χ0v) is 16.5. The largest absolute Gasteiger partial charge is 0.351 e. The molecule has 3 rings (SSSR count). The van der Waals surface area contributed by atoms with E-state index in [1.165, 1.54) is 11.5 Å². The summed E-state index contributed by atoms with van der Waals surface area (Å²) in [4.78, 5) is 26.0. The summed E-state index contributed by atoms with van der Waals surface area (Å²) in [5.41, 5.74) is 4.79. The first kappa shape index (κ1) is 18.8. The summed E-state index contributed by atoms with van der Waals surface area (Å²) in [5, 5.41) is 6.91. The van der Waals surface area contributed by atoms with E-state index in [4.69, 9.17) is 0 Å². The normalized spacial score (nSPS) is 13.7. The van der Waals surface area contributed by atoms with Crippen LogP contribution >= 0.6 is 11.5 Å². The average Bonchev–Trinajstić information content (AvgIpc) is 3.14. The number of aromatic nitrogens is 3. The Morgan fingerprint density at radius 1 is 1.31 bits per heavy atom. The molecule has 0 saturated heterocycles. The Morgan fingerprint density at radius 2 is 2.12 bits per heavy atom. The molecular formula is C19H26N4O2S. The van der Waals surface area contributed by atoms with E-state index < -0.39 is 0 Å². The fraction of sp³-hybridized carbons (Fsp3) is 0.579. The fourth-order valence-corrected chi connectivity index (χ4v) is 4.21. The molecule has 1 aliphatic rings. The summed E-state index contributed by atoms with van der Waals surface area (Å²) < 4.78 is 6.16. The number of fused-ring (bicyclic) bond motifs is 1. The van der Waals surface area contributed by atoms with Crippen molar-refractivity contribution in [1.29, 1.82) is 0 Å². The van der Waals surface area contributed by atoms with Gasteiger partial charge in [0.1, 0.15) is 0 Å². The summed E-state index contributed by atoms with van der Waals surface area (Å²) in [5.74, 6) is 0.129. The second kappa shape index (κ2) is 8.12. The number of aryl methyl sites for hydroxylation is 1. The number of carbonyl (C=O) groups is 2. The number of rotatable bonds is 7. The van der Waals surface area contributed by atoms with Crippen LogP contribution in [-0.2, 0) is 30.7 Å². The monoisotopic (exact) mass is 374 g/mol. The van der Waals surface area contributed by atoms with Crippen LogP contribution in [0.2, 0.25) is 0 Å². The highest BCUT2D eigenvalue weighted by Crippen LogP contribution is 2.30. The van der Waals surface area contributed by atoms with E-state index in [-0.39, 0.29) is 18.1 Å². The number of nitrogens with zero attached hydrogens (tertiary/aromatic N) is 3. The van der Waals surface area contributed by atoms with Crippen LogP contribution in [0.1, 0.15) is 70.5 Å². The predicted molar refractivity (Wildman–Crippen MR) is 102 cm³/mol. The standard InChI is InChI=1S/C19H26N4O2S/c1-4-5-9-23-13(3)14(19-15(23)7-6-8-16(19)24)10-18(25)20-11-17-12(2)21-22-26-17/h4-11H2,1-3H3,(H,20,25).